The zero-order chi connectivity index (χ0) is 22.1. The topological polar surface area (TPSA) is 139 Å². The van der Waals surface area contributed by atoms with Gasteiger partial charge in [-0.25, -0.2) is 9.59 Å². The normalized spacial score (nSPS) is 18.5. The number of non-ortho nitro benzene ring substituents is 1. The van der Waals surface area contributed by atoms with Crippen LogP contribution in [0.2, 0.25) is 0 Å². The highest BCUT2D eigenvalue weighted by atomic mass is 32.2. The number of nitrogens with zero attached hydrogens (tertiary/aromatic N) is 1. The average Bonchev–Trinajstić information content (AvgIpc) is 2.98. The maximum atomic E-state index is 12.5. The first-order valence-electron chi connectivity index (χ1n) is 8.78. The maximum absolute atomic E-state index is 12.5. The zero-order valence-electron chi connectivity index (χ0n) is 15.9. The molecule has 2 aromatic carbocycles. The molecule has 2 aromatic rings. The minimum absolute atomic E-state index is 0.0821. The van der Waals surface area contributed by atoms with E-state index in [-0.39, 0.29) is 40.0 Å². The lowest BCUT2D eigenvalue weighted by Crippen LogP contribution is -2.22. The first-order chi connectivity index (χ1) is 14.1. The molecule has 1 aliphatic rings. The monoisotopic (exact) mass is 435 g/mol. The summed E-state index contributed by atoms with van der Waals surface area (Å²) >= 11 is 0. The molecule has 0 spiro atoms. The molecule has 1 fully saturated rings. The smallest absolute Gasteiger partial charge is 0.347 e. The lowest BCUT2D eigenvalue weighted by Gasteiger charge is -2.11. The second-order valence-electron chi connectivity index (χ2n) is 6.65. The third kappa shape index (κ3) is 4.57. The molecule has 1 saturated heterocycles. The number of ether oxygens (including phenoxy) is 2. The van der Waals surface area contributed by atoms with Crippen molar-refractivity contribution in [3.63, 3.8) is 0 Å². The summed E-state index contributed by atoms with van der Waals surface area (Å²) in [4.78, 5) is 33.6. The van der Waals surface area contributed by atoms with Crippen LogP contribution in [0.3, 0.4) is 0 Å². The molecule has 0 N–H and O–H groups in total. The van der Waals surface area contributed by atoms with Gasteiger partial charge >= 0.3 is 22.1 Å². The van der Waals surface area contributed by atoms with E-state index in [0.717, 1.165) is 6.07 Å². The Balaban J connectivity index is 1.74. The fraction of sp³-hybridized carbons (Fsp3) is 0.263. The molecule has 0 radical (unpaired) electrons. The van der Waals surface area contributed by atoms with E-state index in [0.29, 0.717) is 0 Å². The van der Waals surface area contributed by atoms with Crippen molar-refractivity contribution in [2.45, 2.75) is 37.4 Å². The molecule has 2 atom stereocenters. The molecule has 30 heavy (non-hydrogen) atoms. The summed E-state index contributed by atoms with van der Waals surface area (Å²) in [7, 11) is -4.35. The number of benzene rings is 2. The number of esters is 2. The number of hydrogen-bond acceptors (Lipinski definition) is 9. The van der Waals surface area contributed by atoms with Crippen molar-refractivity contribution in [2.75, 3.05) is 0 Å². The van der Waals surface area contributed by atoms with Crippen LogP contribution in [0.15, 0.2) is 47.4 Å². The van der Waals surface area contributed by atoms with Gasteiger partial charge in [0.25, 0.3) is 5.69 Å². The molecule has 10 nitrogen and oxygen atoms in total. The zero-order valence-corrected chi connectivity index (χ0v) is 16.7. The van der Waals surface area contributed by atoms with E-state index in [4.69, 9.17) is 13.7 Å². The third-order valence-electron chi connectivity index (χ3n) is 4.32. The average molecular weight is 435 g/mol. The summed E-state index contributed by atoms with van der Waals surface area (Å²) in [6.45, 7) is 3.16. The Hall–Kier alpha value is -3.47. The van der Waals surface area contributed by atoms with Gasteiger partial charge in [-0.1, -0.05) is 6.07 Å². The summed E-state index contributed by atoms with van der Waals surface area (Å²) in [5, 5.41) is 10.9. The van der Waals surface area contributed by atoms with Gasteiger partial charge in [-0.3, -0.25) is 10.1 Å². The lowest BCUT2D eigenvalue weighted by atomic mass is 10.2. The van der Waals surface area contributed by atoms with Gasteiger partial charge in [-0.2, -0.15) is 8.42 Å². The van der Waals surface area contributed by atoms with Crippen LogP contribution in [0.1, 0.15) is 29.3 Å². The Morgan fingerprint density at radius 2 is 1.87 bits per heavy atom. The van der Waals surface area contributed by atoms with Crippen LogP contribution in [-0.4, -0.2) is 37.5 Å². The first kappa shape index (κ1) is 21.2. The number of aryl methyl sites for hydroxylation is 1. The number of carbonyl (C=O) groups excluding carboxylic acids is 2. The van der Waals surface area contributed by atoms with E-state index >= 15 is 0 Å². The molecular weight excluding hydrogens is 418 g/mol. The van der Waals surface area contributed by atoms with Crippen LogP contribution in [0, 0.1) is 17.0 Å². The Morgan fingerprint density at radius 1 is 1.20 bits per heavy atom. The van der Waals surface area contributed by atoms with E-state index in [1.807, 2.05) is 0 Å². The van der Waals surface area contributed by atoms with E-state index in [9.17, 15) is 28.1 Å². The van der Waals surface area contributed by atoms with Crippen LogP contribution in [0.5, 0.6) is 5.75 Å². The predicted octanol–water partition coefficient (Wildman–Crippen LogP) is 2.53. The highest BCUT2D eigenvalue weighted by Gasteiger charge is 2.35. The first-order valence-corrected chi connectivity index (χ1v) is 10.2. The number of rotatable bonds is 6. The predicted molar refractivity (Wildman–Crippen MR) is 101 cm³/mol. The number of nitro benzene ring substituents is 1. The molecule has 2 unspecified atom stereocenters. The van der Waals surface area contributed by atoms with Crippen LogP contribution in [0.4, 0.5) is 5.69 Å². The van der Waals surface area contributed by atoms with Crippen LogP contribution < -0.4 is 4.18 Å². The Kier molecular flexibility index (Phi) is 5.74. The number of hydrogen-bond donors (Lipinski definition) is 0. The summed E-state index contributed by atoms with van der Waals surface area (Å²) in [6, 6.07) is 8.43. The number of carbonyl (C=O) groups is 2. The third-order valence-corrected chi connectivity index (χ3v) is 5.71. The Labute approximate surface area is 171 Å². The van der Waals surface area contributed by atoms with E-state index < -0.39 is 33.1 Å². The Morgan fingerprint density at radius 3 is 2.43 bits per heavy atom. The fourth-order valence-electron chi connectivity index (χ4n) is 2.80. The molecular formula is C19H17NO9S. The highest BCUT2D eigenvalue weighted by Crippen LogP contribution is 2.26. The Bertz CT molecular complexity index is 1110. The van der Waals surface area contributed by atoms with Crippen molar-refractivity contribution >= 4 is 27.7 Å². The second-order valence-corrected chi connectivity index (χ2v) is 8.16. The standard InChI is InChI=1S/C19H17NO9S/c1-11-3-6-14(20(23)24)10-17(11)30(25,26)29-15-7-4-13(5-8-15)18(21)28-16-9-12(2)27-19(16)22/h3-8,10,12,16H,9H2,1-2H3. The molecule has 0 aliphatic carbocycles. The van der Waals surface area contributed by atoms with Crippen LogP contribution >= 0.6 is 0 Å². The van der Waals surface area contributed by atoms with Gasteiger partial charge < -0.3 is 13.7 Å². The van der Waals surface area contributed by atoms with Gasteiger partial charge in [0, 0.05) is 18.6 Å². The van der Waals surface area contributed by atoms with E-state index in [1.165, 1.54) is 43.3 Å². The van der Waals surface area contributed by atoms with Crippen molar-refractivity contribution < 1.29 is 36.6 Å². The van der Waals surface area contributed by atoms with Crippen molar-refractivity contribution in [3.05, 3.63) is 63.7 Å². The number of nitro groups is 1. The van der Waals surface area contributed by atoms with Crippen molar-refractivity contribution in [3.8, 4) is 5.75 Å². The van der Waals surface area contributed by atoms with E-state index in [2.05, 4.69) is 0 Å². The van der Waals surface area contributed by atoms with Crippen LogP contribution in [0.25, 0.3) is 0 Å². The second kappa shape index (κ2) is 8.11. The fourth-order valence-corrected chi connectivity index (χ4v) is 3.98. The van der Waals surface area contributed by atoms with Crippen molar-refractivity contribution in [2.24, 2.45) is 0 Å². The molecule has 1 aliphatic heterocycles. The van der Waals surface area contributed by atoms with Gasteiger partial charge in [0.1, 0.15) is 16.7 Å². The molecule has 0 aromatic heterocycles. The lowest BCUT2D eigenvalue weighted by molar-refractivity contribution is -0.385. The van der Waals surface area contributed by atoms with E-state index in [1.54, 1.807) is 6.92 Å². The van der Waals surface area contributed by atoms with Crippen molar-refractivity contribution in [1.29, 1.82) is 0 Å². The summed E-state index contributed by atoms with van der Waals surface area (Å²) in [5.41, 5.74) is -0.0299. The maximum Gasteiger partial charge on any atom is 0.347 e. The SMILES string of the molecule is Cc1ccc([N+](=O)[O-])cc1S(=O)(=O)Oc1ccc(C(=O)OC2CC(C)OC2=O)cc1. The molecule has 0 bridgehead atoms. The van der Waals surface area contributed by atoms with Gasteiger partial charge in [0.15, 0.2) is 0 Å². The van der Waals surface area contributed by atoms with Gasteiger partial charge in [-0.05, 0) is 43.7 Å². The van der Waals surface area contributed by atoms with Crippen LogP contribution in [-0.2, 0) is 24.4 Å². The highest BCUT2D eigenvalue weighted by molar-refractivity contribution is 7.87. The molecule has 1 heterocycles. The summed E-state index contributed by atoms with van der Waals surface area (Å²) in [6.07, 6.45) is -1.07. The quantitative estimate of drug-likeness (QED) is 0.290. The molecule has 3 rings (SSSR count). The molecule has 11 heteroatoms. The molecule has 0 saturated carbocycles. The minimum Gasteiger partial charge on any atom is -0.460 e. The molecule has 0 amide bonds. The summed E-state index contributed by atoms with van der Waals surface area (Å²) < 4.78 is 40.1. The minimum atomic E-state index is -4.35. The molecule has 158 valence electrons. The van der Waals surface area contributed by atoms with Gasteiger partial charge in [0.05, 0.1) is 10.5 Å². The van der Waals surface area contributed by atoms with Gasteiger partial charge in [-0.15, -0.1) is 0 Å². The summed E-state index contributed by atoms with van der Waals surface area (Å²) in [5.74, 6) is -1.49. The van der Waals surface area contributed by atoms with Crippen molar-refractivity contribution in [1.82, 2.24) is 0 Å². The largest absolute Gasteiger partial charge is 0.460 e. The van der Waals surface area contributed by atoms with Gasteiger partial charge in [0.2, 0.25) is 6.10 Å². The number of cyclic esters (lactones) is 1.